The molecule has 3 heteroatoms. The molecule has 1 aromatic rings. The maximum absolute atomic E-state index is 10.6. The summed E-state index contributed by atoms with van der Waals surface area (Å²) in [6.07, 6.45) is 3.91. The second-order valence-corrected chi connectivity index (χ2v) is 9.68. The van der Waals surface area contributed by atoms with Crippen molar-refractivity contribution in [3.63, 3.8) is 0 Å². The third kappa shape index (κ3) is 2.34. The molecule has 0 aliphatic rings. The zero-order valence-corrected chi connectivity index (χ0v) is 8.87. The molecular weight excluding hydrogens is 166 g/mol. The van der Waals surface area contributed by atoms with E-state index in [-0.39, 0.29) is 0 Å². The molecular formula is C9H15NOSi. The van der Waals surface area contributed by atoms with Gasteiger partial charge in [-0.25, -0.2) is 0 Å². The normalized spacial score (nSPS) is 11.6. The third-order valence-corrected chi connectivity index (χ3v) is 2.92. The lowest BCUT2D eigenvalue weighted by Crippen LogP contribution is -2.28. The van der Waals surface area contributed by atoms with Crippen LogP contribution >= 0.6 is 0 Å². The quantitative estimate of drug-likeness (QED) is 0.517. The summed E-state index contributed by atoms with van der Waals surface area (Å²) in [5.41, 5.74) is 0.789. The monoisotopic (exact) mass is 181 g/mol. The average molecular weight is 181 g/mol. The van der Waals surface area contributed by atoms with Crippen molar-refractivity contribution < 1.29 is 4.79 Å². The van der Waals surface area contributed by atoms with Gasteiger partial charge in [0.25, 0.3) is 0 Å². The first-order chi connectivity index (χ1) is 5.53. The average Bonchev–Trinajstić information content (AvgIpc) is 2.31. The molecule has 0 saturated heterocycles. The second kappa shape index (κ2) is 3.27. The lowest BCUT2D eigenvalue weighted by molar-refractivity contribution is 0.111. The summed E-state index contributed by atoms with van der Waals surface area (Å²) in [5.74, 6) is 0. The first-order valence-electron chi connectivity index (χ1n) is 4.13. The maximum atomic E-state index is 10.6. The molecule has 0 fully saturated rings. The van der Waals surface area contributed by atoms with Crippen molar-refractivity contribution in [3.8, 4) is 0 Å². The molecule has 0 aromatic carbocycles. The van der Waals surface area contributed by atoms with Gasteiger partial charge in [0.1, 0.15) is 0 Å². The van der Waals surface area contributed by atoms with E-state index >= 15 is 0 Å². The van der Waals surface area contributed by atoms with Crippen LogP contribution in [0.5, 0.6) is 0 Å². The van der Waals surface area contributed by atoms with Crippen LogP contribution in [0.3, 0.4) is 0 Å². The molecule has 1 heterocycles. The van der Waals surface area contributed by atoms with E-state index < -0.39 is 8.07 Å². The Bertz CT molecular complexity index is 272. The Kier molecular flexibility index (Phi) is 2.52. The number of hydrogen-bond acceptors (Lipinski definition) is 1. The Morgan fingerprint density at radius 1 is 1.50 bits per heavy atom. The SMILES string of the molecule is C[Si](C)(C)Cn1cccc1C=O. The summed E-state index contributed by atoms with van der Waals surface area (Å²) in [6, 6.07) is 3.77. The van der Waals surface area contributed by atoms with Gasteiger partial charge in [-0.1, -0.05) is 19.6 Å². The summed E-state index contributed by atoms with van der Waals surface area (Å²) >= 11 is 0. The van der Waals surface area contributed by atoms with Crippen molar-refractivity contribution >= 4 is 14.4 Å². The molecule has 0 bridgehead atoms. The van der Waals surface area contributed by atoms with Crippen molar-refractivity contribution in [1.29, 1.82) is 0 Å². The molecule has 0 amide bonds. The fraction of sp³-hybridized carbons (Fsp3) is 0.444. The first-order valence-corrected chi connectivity index (χ1v) is 7.84. The zero-order chi connectivity index (χ0) is 9.19. The number of rotatable bonds is 3. The summed E-state index contributed by atoms with van der Waals surface area (Å²) in [4.78, 5) is 10.6. The minimum atomic E-state index is -1.11. The van der Waals surface area contributed by atoms with E-state index in [0.29, 0.717) is 0 Å². The van der Waals surface area contributed by atoms with Crippen LogP contribution in [0.15, 0.2) is 18.3 Å². The molecule has 0 atom stereocenters. The highest BCUT2D eigenvalue weighted by Crippen LogP contribution is 2.07. The third-order valence-electron chi connectivity index (χ3n) is 1.63. The molecule has 0 saturated carbocycles. The Morgan fingerprint density at radius 2 is 2.17 bits per heavy atom. The van der Waals surface area contributed by atoms with Gasteiger partial charge in [0, 0.05) is 12.4 Å². The van der Waals surface area contributed by atoms with Crippen LogP contribution in [0.1, 0.15) is 10.5 Å². The molecule has 0 radical (unpaired) electrons. The highest BCUT2D eigenvalue weighted by atomic mass is 28.3. The number of carbonyl (C=O) groups excluding carboxylic acids is 1. The number of hydrogen-bond donors (Lipinski definition) is 0. The van der Waals surface area contributed by atoms with E-state index in [1.807, 2.05) is 22.9 Å². The largest absolute Gasteiger partial charge is 0.348 e. The Balaban J connectivity index is 2.81. The van der Waals surface area contributed by atoms with E-state index in [1.165, 1.54) is 0 Å². The first kappa shape index (κ1) is 9.26. The minimum absolute atomic E-state index is 0.789. The summed E-state index contributed by atoms with van der Waals surface area (Å²) in [6.45, 7) is 6.88. The van der Waals surface area contributed by atoms with Crippen molar-refractivity contribution in [2.75, 3.05) is 0 Å². The number of aldehydes is 1. The van der Waals surface area contributed by atoms with Crippen LogP contribution in [0.25, 0.3) is 0 Å². The molecule has 0 aliphatic heterocycles. The Labute approximate surface area is 74.2 Å². The summed E-state index contributed by atoms with van der Waals surface area (Å²) < 4.78 is 2.04. The van der Waals surface area contributed by atoms with E-state index in [1.54, 1.807) is 0 Å². The van der Waals surface area contributed by atoms with Crippen LogP contribution < -0.4 is 0 Å². The maximum Gasteiger partial charge on any atom is 0.166 e. The van der Waals surface area contributed by atoms with Gasteiger partial charge in [-0.3, -0.25) is 4.79 Å². The molecule has 12 heavy (non-hydrogen) atoms. The molecule has 0 unspecified atom stereocenters. The van der Waals surface area contributed by atoms with Crippen molar-refractivity contribution in [2.24, 2.45) is 0 Å². The summed E-state index contributed by atoms with van der Waals surface area (Å²) in [5, 5.41) is 0. The predicted molar refractivity (Wildman–Crippen MR) is 53.2 cm³/mol. The molecule has 0 spiro atoms. The van der Waals surface area contributed by atoms with Gasteiger partial charge in [0.05, 0.1) is 13.8 Å². The van der Waals surface area contributed by atoms with E-state index in [0.717, 1.165) is 18.1 Å². The molecule has 0 N–H and O–H groups in total. The van der Waals surface area contributed by atoms with Gasteiger partial charge in [-0.05, 0) is 12.1 Å². The molecule has 2 nitrogen and oxygen atoms in total. The second-order valence-electron chi connectivity index (χ2n) is 4.24. The van der Waals surface area contributed by atoms with Crippen molar-refractivity contribution in [2.45, 2.75) is 25.8 Å². The standard InChI is InChI=1S/C9H15NOSi/c1-12(2,3)8-10-6-4-5-9(10)7-11/h4-7H,8H2,1-3H3. The van der Waals surface area contributed by atoms with Crippen LogP contribution in [0.4, 0.5) is 0 Å². The molecule has 1 aromatic heterocycles. The van der Waals surface area contributed by atoms with Crippen molar-refractivity contribution in [3.05, 3.63) is 24.0 Å². The molecule has 66 valence electrons. The lowest BCUT2D eigenvalue weighted by Gasteiger charge is -2.17. The van der Waals surface area contributed by atoms with Crippen LogP contribution in [0, 0.1) is 0 Å². The van der Waals surface area contributed by atoms with Crippen molar-refractivity contribution in [1.82, 2.24) is 4.57 Å². The number of nitrogens with zero attached hydrogens (tertiary/aromatic N) is 1. The number of carbonyl (C=O) groups is 1. The fourth-order valence-corrected chi connectivity index (χ4v) is 2.50. The minimum Gasteiger partial charge on any atom is -0.348 e. The molecule has 0 aliphatic carbocycles. The molecule has 1 rings (SSSR count). The summed E-state index contributed by atoms with van der Waals surface area (Å²) in [7, 11) is -1.11. The topological polar surface area (TPSA) is 22.0 Å². The smallest absolute Gasteiger partial charge is 0.166 e. The zero-order valence-electron chi connectivity index (χ0n) is 7.87. The van der Waals surface area contributed by atoms with Crippen LogP contribution in [-0.4, -0.2) is 18.9 Å². The van der Waals surface area contributed by atoms with Gasteiger partial charge >= 0.3 is 0 Å². The Morgan fingerprint density at radius 3 is 2.67 bits per heavy atom. The van der Waals surface area contributed by atoms with E-state index in [9.17, 15) is 4.79 Å². The van der Waals surface area contributed by atoms with Crippen LogP contribution in [0.2, 0.25) is 19.6 Å². The number of aromatic nitrogens is 1. The van der Waals surface area contributed by atoms with Gasteiger partial charge in [0.15, 0.2) is 6.29 Å². The van der Waals surface area contributed by atoms with Gasteiger partial charge in [-0.15, -0.1) is 0 Å². The van der Waals surface area contributed by atoms with E-state index in [4.69, 9.17) is 0 Å². The highest BCUT2D eigenvalue weighted by molar-refractivity contribution is 6.74. The Hall–Kier alpha value is -0.833. The predicted octanol–water partition coefficient (Wildman–Crippen LogP) is 2.18. The van der Waals surface area contributed by atoms with Gasteiger partial charge in [0.2, 0.25) is 0 Å². The lowest BCUT2D eigenvalue weighted by atomic mass is 10.5. The fourth-order valence-electron chi connectivity index (χ4n) is 1.19. The van der Waals surface area contributed by atoms with Gasteiger partial charge in [-0.2, -0.15) is 0 Å². The van der Waals surface area contributed by atoms with Crippen LogP contribution in [-0.2, 0) is 6.17 Å². The highest BCUT2D eigenvalue weighted by Gasteiger charge is 2.14. The van der Waals surface area contributed by atoms with Gasteiger partial charge < -0.3 is 4.57 Å². The van der Waals surface area contributed by atoms with E-state index in [2.05, 4.69) is 19.6 Å².